The van der Waals surface area contributed by atoms with Crippen molar-refractivity contribution in [1.82, 2.24) is 4.98 Å². The Morgan fingerprint density at radius 3 is 2.43 bits per heavy atom. The molecule has 0 atom stereocenters. The van der Waals surface area contributed by atoms with Crippen LogP contribution in [-0.4, -0.2) is 17.6 Å². The average Bonchev–Trinajstić information content (AvgIpc) is 3.05. The molecular weight excluding hydrogens is 359 g/mol. The summed E-state index contributed by atoms with van der Waals surface area (Å²) in [6, 6.07) is 3.17. The summed E-state index contributed by atoms with van der Waals surface area (Å²) in [6.45, 7) is 2.02. The van der Waals surface area contributed by atoms with Crippen molar-refractivity contribution in [2.45, 2.75) is 25.3 Å². The van der Waals surface area contributed by atoms with Crippen LogP contribution < -0.4 is 5.73 Å². The highest BCUT2D eigenvalue weighted by molar-refractivity contribution is 6.42. The van der Waals surface area contributed by atoms with E-state index in [-0.39, 0.29) is 6.61 Å². The van der Waals surface area contributed by atoms with Crippen LogP contribution in [-0.2, 0) is 10.3 Å². The van der Waals surface area contributed by atoms with Gasteiger partial charge in [-0.05, 0) is 31.9 Å². The number of carbonyl (C=O) groups excluding carboxylic acids is 1. The first-order valence-corrected chi connectivity index (χ1v) is 8.33. The summed E-state index contributed by atoms with van der Waals surface area (Å²) in [4.78, 5) is 15.6. The Bertz CT molecular complexity index is 759. The van der Waals surface area contributed by atoms with Gasteiger partial charge >= 0.3 is 5.97 Å². The number of hydrogen-bond acceptors (Lipinski definition) is 3. The topological polar surface area (TPSA) is 68.1 Å². The van der Waals surface area contributed by atoms with Crippen LogP contribution >= 0.6 is 34.8 Å². The predicted molar refractivity (Wildman–Crippen MR) is 92.3 cm³/mol. The number of rotatable bonds is 4. The first-order valence-electron chi connectivity index (χ1n) is 7.20. The van der Waals surface area contributed by atoms with E-state index in [1.54, 1.807) is 25.3 Å². The van der Waals surface area contributed by atoms with Crippen LogP contribution in [0.4, 0.5) is 0 Å². The number of nitrogens with one attached hydrogen (secondary N) is 1. The van der Waals surface area contributed by atoms with Crippen LogP contribution in [0.3, 0.4) is 0 Å². The predicted octanol–water partition coefficient (Wildman–Crippen LogP) is 4.77. The maximum atomic E-state index is 12.5. The Kier molecular flexibility index (Phi) is 4.36. The standard InChI is InChI=1S/C16H15Cl3N2O2/c1-2-23-15(22)13-9(7-21-14(13)16(20)3-4-16)12-10(18)5-8(17)6-11(12)19/h5-7,21H,2-4,20H2,1H3. The van der Waals surface area contributed by atoms with Crippen molar-refractivity contribution in [2.24, 2.45) is 5.73 Å². The summed E-state index contributed by atoms with van der Waals surface area (Å²) >= 11 is 18.6. The van der Waals surface area contributed by atoms with Gasteiger partial charge in [-0.3, -0.25) is 0 Å². The second kappa shape index (κ2) is 6.02. The molecule has 0 spiro atoms. The maximum Gasteiger partial charge on any atom is 0.340 e. The molecule has 3 rings (SSSR count). The van der Waals surface area contributed by atoms with Gasteiger partial charge in [0.2, 0.25) is 0 Å². The molecule has 1 aromatic carbocycles. The Hall–Kier alpha value is -1.20. The third-order valence-electron chi connectivity index (χ3n) is 3.92. The minimum atomic E-state index is -0.522. The number of H-pyrrole nitrogens is 1. The quantitative estimate of drug-likeness (QED) is 0.759. The highest BCUT2D eigenvalue weighted by atomic mass is 35.5. The summed E-state index contributed by atoms with van der Waals surface area (Å²) in [6.07, 6.45) is 3.30. The molecule has 2 aromatic rings. The molecule has 0 aliphatic heterocycles. The van der Waals surface area contributed by atoms with Crippen molar-refractivity contribution in [1.29, 1.82) is 0 Å². The number of nitrogens with two attached hydrogens (primary N) is 1. The SMILES string of the molecule is CCOC(=O)c1c(-c2c(Cl)cc(Cl)cc2Cl)c[nH]c1C1(N)CC1. The lowest BCUT2D eigenvalue weighted by molar-refractivity contribution is 0.0525. The number of carbonyl (C=O) groups is 1. The van der Waals surface area contributed by atoms with Crippen molar-refractivity contribution in [2.75, 3.05) is 6.61 Å². The molecule has 1 saturated carbocycles. The van der Waals surface area contributed by atoms with Crippen molar-refractivity contribution in [3.05, 3.63) is 44.7 Å². The van der Waals surface area contributed by atoms with Crippen molar-refractivity contribution in [3.63, 3.8) is 0 Å². The fourth-order valence-corrected chi connectivity index (χ4v) is 3.63. The minimum absolute atomic E-state index is 0.266. The van der Waals surface area contributed by atoms with Gasteiger partial charge in [0.05, 0.1) is 33.4 Å². The van der Waals surface area contributed by atoms with E-state index in [9.17, 15) is 4.79 Å². The smallest absolute Gasteiger partial charge is 0.340 e. The fourth-order valence-electron chi connectivity index (χ4n) is 2.61. The number of ether oxygens (including phenoxy) is 1. The van der Waals surface area contributed by atoms with Gasteiger partial charge < -0.3 is 15.5 Å². The second-order valence-corrected chi connectivity index (χ2v) is 6.82. The van der Waals surface area contributed by atoms with E-state index in [0.717, 1.165) is 12.8 Å². The number of esters is 1. The van der Waals surface area contributed by atoms with E-state index in [4.69, 9.17) is 45.3 Å². The number of hydrogen-bond donors (Lipinski definition) is 2. The van der Waals surface area contributed by atoms with Crippen LogP contribution in [0.5, 0.6) is 0 Å². The molecular formula is C16H15Cl3N2O2. The number of halogens is 3. The van der Waals surface area contributed by atoms with Gasteiger partial charge in [0, 0.05) is 22.3 Å². The Labute approximate surface area is 148 Å². The minimum Gasteiger partial charge on any atom is -0.462 e. The monoisotopic (exact) mass is 372 g/mol. The van der Waals surface area contributed by atoms with Crippen LogP contribution in [0.25, 0.3) is 11.1 Å². The molecule has 0 saturated heterocycles. The number of benzene rings is 1. The molecule has 1 aliphatic rings. The molecule has 0 unspecified atom stereocenters. The summed E-state index contributed by atoms with van der Waals surface area (Å²) in [7, 11) is 0. The van der Waals surface area contributed by atoms with Gasteiger partial charge in [0.15, 0.2) is 0 Å². The Morgan fingerprint density at radius 1 is 1.30 bits per heavy atom. The highest BCUT2D eigenvalue weighted by Crippen LogP contribution is 2.47. The van der Waals surface area contributed by atoms with Crippen LogP contribution in [0, 0.1) is 0 Å². The van der Waals surface area contributed by atoms with Crippen molar-refractivity contribution in [3.8, 4) is 11.1 Å². The van der Waals surface area contributed by atoms with Gasteiger partial charge in [-0.1, -0.05) is 34.8 Å². The van der Waals surface area contributed by atoms with E-state index in [2.05, 4.69) is 4.98 Å². The number of aromatic amines is 1. The molecule has 1 heterocycles. The summed E-state index contributed by atoms with van der Waals surface area (Å²) in [5.74, 6) is -0.447. The largest absolute Gasteiger partial charge is 0.462 e. The third-order valence-corrected chi connectivity index (χ3v) is 4.74. The molecule has 1 fully saturated rings. The lowest BCUT2D eigenvalue weighted by Gasteiger charge is -2.13. The zero-order valence-electron chi connectivity index (χ0n) is 12.4. The molecule has 7 heteroatoms. The molecule has 122 valence electrons. The molecule has 1 aromatic heterocycles. The van der Waals surface area contributed by atoms with E-state index in [0.29, 0.717) is 37.5 Å². The average molecular weight is 374 g/mol. The number of aromatic nitrogens is 1. The van der Waals surface area contributed by atoms with E-state index >= 15 is 0 Å². The molecule has 0 radical (unpaired) electrons. The van der Waals surface area contributed by atoms with Gasteiger partial charge in [-0.15, -0.1) is 0 Å². The zero-order chi connectivity index (χ0) is 16.8. The van der Waals surface area contributed by atoms with Crippen LogP contribution in [0.2, 0.25) is 15.1 Å². The van der Waals surface area contributed by atoms with Crippen molar-refractivity contribution >= 4 is 40.8 Å². The Balaban J connectivity index is 2.21. The van der Waals surface area contributed by atoms with Crippen LogP contribution in [0.15, 0.2) is 18.3 Å². The second-order valence-electron chi connectivity index (χ2n) is 5.57. The first kappa shape index (κ1) is 16.7. The van der Waals surface area contributed by atoms with E-state index in [1.165, 1.54) is 0 Å². The molecule has 3 N–H and O–H groups in total. The van der Waals surface area contributed by atoms with Gasteiger partial charge in [-0.2, -0.15) is 0 Å². The van der Waals surface area contributed by atoms with Crippen molar-refractivity contribution < 1.29 is 9.53 Å². The van der Waals surface area contributed by atoms with Crippen LogP contribution in [0.1, 0.15) is 35.8 Å². The molecule has 0 bridgehead atoms. The first-order chi connectivity index (χ1) is 10.9. The fraction of sp³-hybridized carbons (Fsp3) is 0.312. The Morgan fingerprint density at radius 2 is 1.91 bits per heavy atom. The third kappa shape index (κ3) is 2.96. The van der Waals surface area contributed by atoms with Gasteiger partial charge in [-0.25, -0.2) is 4.79 Å². The molecule has 1 aliphatic carbocycles. The maximum absolute atomic E-state index is 12.5. The zero-order valence-corrected chi connectivity index (χ0v) is 14.6. The molecule has 4 nitrogen and oxygen atoms in total. The normalized spacial score (nSPS) is 15.5. The summed E-state index contributed by atoms with van der Waals surface area (Å²) in [5, 5.41) is 1.15. The van der Waals surface area contributed by atoms with E-state index in [1.807, 2.05) is 0 Å². The molecule has 0 amide bonds. The lowest BCUT2D eigenvalue weighted by atomic mass is 9.99. The van der Waals surface area contributed by atoms with Gasteiger partial charge in [0.1, 0.15) is 0 Å². The molecule has 23 heavy (non-hydrogen) atoms. The highest BCUT2D eigenvalue weighted by Gasteiger charge is 2.45. The van der Waals surface area contributed by atoms with Gasteiger partial charge in [0.25, 0.3) is 0 Å². The lowest BCUT2D eigenvalue weighted by Crippen LogP contribution is -2.23. The van der Waals surface area contributed by atoms with E-state index < -0.39 is 11.5 Å². The summed E-state index contributed by atoms with van der Waals surface area (Å²) in [5.41, 5.74) is 7.90. The summed E-state index contributed by atoms with van der Waals surface area (Å²) < 4.78 is 5.19.